The van der Waals surface area contributed by atoms with Crippen LogP contribution in [0.4, 0.5) is 11.4 Å². The molecule has 0 aliphatic heterocycles. The molecule has 0 atom stereocenters. The van der Waals surface area contributed by atoms with Gasteiger partial charge in [0.15, 0.2) is 11.5 Å². The van der Waals surface area contributed by atoms with Crippen molar-refractivity contribution in [3.8, 4) is 17.2 Å². The van der Waals surface area contributed by atoms with Crippen LogP contribution in [0.25, 0.3) is 0 Å². The number of hydrogen-bond acceptors (Lipinski definition) is 5. The molecule has 0 aliphatic carbocycles. The van der Waals surface area contributed by atoms with Gasteiger partial charge in [0.1, 0.15) is 5.75 Å². The minimum Gasteiger partial charge on any atom is -0.495 e. The highest BCUT2D eigenvalue weighted by Gasteiger charge is 2.16. The molecule has 2 aromatic carbocycles. The number of ether oxygens (including phenoxy) is 3. The number of benzene rings is 2. The third kappa shape index (κ3) is 5.09. The summed E-state index contributed by atoms with van der Waals surface area (Å²) in [6.07, 6.45) is 0.834. The average molecular weight is 401 g/mol. The van der Waals surface area contributed by atoms with E-state index in [0.29, 0.717) is 45.8 Å². The highest BCUT2D eigenvalue weighted by Crippen LogP contribution is 2.36. The zero-order valence-corrected chi connectivity index (χ0v) is 16.4. The lowest BCUT2D eigenvalue weighted by atomic mass is 10.1. The predicted molar refractivity (Wildman–Crippen MR) is 106 cm³/mol. The molecule has 2 aromatic rings. The summed E-state index contributed by atoms with van der Waals surface area (Å²) in [5.41, 5.74) is 7.17. The van der Waals surface area contributed by atoms with Crippen molar-refractivity contribution in [3.63, 3.8) is 0 Å². The van der Waals surface area contributed by atoms with Crippen molar-refractivity contribution in [2.24, 2.45) is 0 Å². The van der Waals surface area contributed by atoms with Gasteiger partial charge in [0.25, 0.3) is 5.91 Å². The molecule has 0 spiro atoms. The minimum absolute atomic E-state index is 0. The Morgan fingerprint density at radius 1 is 1.15 bits per heavy atom. The number of halogens is 2. The van der Waals surface area contributed by atoms with E-state index < -0.39 is 0 Å². The van der Waals surface area contributed by atoms with Crippen molar-refractivity contribution in [3.05, 3.63) is 40.9 Å². The molecule has 0 unspecified atom stereocenters. The van der Waals surface area contributed by atoms with Gasteiger partial charge in [-0.15, -0.1) is 12.4 Å². The van der Waals surface area contributed by atoms with Crippen molar-refractivity contribution in [1.82, 2.24) is 0 Å². The van der Waals surface area contributed by atoms with E-state index in [2.05, 4.69) is 5.32 Å². The first-order chi connectivity index (χ1) is 12.0. The molecule has 0 saturated heterocycles. The maximum Gasteiger partial charge on any atom is 0.255 e. The van der Waals surface area contributed by atoms with Gasteiger partial charge >= 0.3 is 0 Å². The molecule has 3 N–H and O–H groups in total. The van der Waals surface area contributed by atoms with Crippen molar-refractivity contribution < 1.29 is 19.0 Å². The number of carbonyl (C=O) groups is 1. The van der Waals surface area contributed by atoms with Crippen molar-refractivity contribution in [2.75, 3.05) is 31.9 Å². The lowest BCUT2D eigenvalue weighted by molar-refractivity contribution is 0.102. The highest BCUT2D eigenvalue weighted by molar-refractivity contribution is 6.32. The Labute approximate surface area is 164 Å². The van der Waals surface area contributed by atoms with E-state index in [-0.39, 0.29) is 18.3 Å². The smallest absolute Gasteiger partial charge is 0.255 e. The van der Waals surface area contributed by atoms with Crippen LogP contribution >= 0.6 is 24.0 Å². The summed E-state index contributed by atoms with van der Waals surface area (Å²) in [5.74, 6) is 1.03. The van der Waals surface area contributed by atoms with Crippen molar-refractivity contribution >= 4 is 41.3 Å². The first kappa shape index (κ1) is 21.7. The molecule has 0 bridgehead atoms. The summed E-state index contributed by atoms with van der Waals surface area (Å²) < 4.78 is 16.0. The standard InChI is InChI=1S/C18H21ClN2O4.ClH/c1-4-7-25-17-13(19)8-11(9-16(17)24-3)18(22)21-12-5-6-15(23-2)14(20)10-12;/h5-6,8-10H,4,7,20H2,1-3H3,(H,21,22);1H. The number of nitrogens with one attached hydrogen (secondary N) is 1. The summed E-state index contributed by atoms with van der Waals surface area (Å²) in [4.78, 5) is 12.5. The number of methoxy groups -OCH3 is 2. The fraction of sp³-hybridized carbons (Fsp3) is 0.278. The Kier molecular flexibility index (Phi) is 8.35. The van der Waals surface area contributed by atoms with Crippen molar-refractivity contribution in [2.45, 2.75) is 13.3 Å². The molecular formula is C18H22Cl2N2O4. The molecule has 0 fully saturated rings. The van der Waals surface area contributed by atoms with E-state index in [1.165, 1.54) is 20.3 Å². The van der Waals surface area contributed by atoms with Crippen LogP contribution in [0.5, 0.6) is 17.2 Å². The number of hydrogen-bond donors (Lipinski definition) is 2. The number of carbonyl (C=O) groups excluding carboxylic acids is 1. The van der Waals surface area contributed by atoms with Gasteiger partial charge in [0.05, 0.1) is 31.5 Å². The zero-order valence-electron chi connectivity index (χ0n) is 14.8. The number of rotatable bonds is 7. The van der Waals surface area contributed by atoms with Gasteiger partial charge in [-0.25, -0.2) is 0 Å². The normalized spacial score (nSPS) is 9.85. The number of nitrogens with two attached hydrogens (primary N) is 1. The average Bonchev–Trinajstić information content (AvgIpc) is 2.60. The van der Waals surface area contributed by atoms with Crippen LogP contribution in [-0.2, 0) is 0 Å². The van der Waals surface area contributed by atoms with E-state index in [1.807, 2.05) is 6.92 Å². The molecule has 0 radical (unpaired) electrons. The Hall–Kier alpha value is -2.31. The molecule has 2 rings (SSSR count). The number of amides is 1. The molecule has 142 valence electrons. The first-order valence-electron chi connectivity index (χ1n) is 7.75. The van der Waals surface area contributed by atoms with E-state index in [9.17, 15) is 4.79 Å². The second-order valence-electron chi connectivity index (χ2n) is 5.25. The molecule has 0 heterocycles. The van der Waals surface area contributed by atoms with E-state index >= 15 is 0 Å². The minimum atomic E-state index is -0.341. The van der Waals surface area contributed by atoms with Gasteiger partial charge in [-0.05, 0) is 36.8 Å². The lowest BCUT2D eigenvalue weighted by Gasteiger charge is -2.14. The fourth-order valence-corrected chi connectivity index (χ4v) is 2.48. The summed E-state index contributed by atoms with van der Waals surface area (Å²) in [6.45, 7) is 2.50. The second kappa shape index (κ2) is 9.99. The third-order valence-corrected chi connectivity index (χ3v) is 3.71. The summed E-state index contributed by atoms with van der Waals surface area (Å²) in [6, 6.07) is 8.12. The maximum absolute atomic E-state index is 12.5. The quantitative estimate of drug-likeness (QED) is 0.672. The molecular weight excluding hydrogens is 379 g/mol. The third-order valence-electron chi connectivity index (χ3n) is 3.43. The molecule has 6 nitrogen and oxygen atoms in total. The maximum atomic E-state index is 12.5. The summed E-state index contributed by atoms with van der Waals surface area (Å²) >= 11 is 6.24. The largest absolute Gasteiger partial charge is 0.495 e. The molecule has 8 heteroatoms. The van der Waals surface area contributed by atoms with E-state index in [1.54, 1.807) is 24.3 Å². The SMILES string of the molecule is CCCOc1c(Cl)cc(C(=O)Nc2ccc(OC)c(N)c2)cc1OC.Cl. The van der Waals surface area contributed by atoms with Crippen molar-refractivity contribution in [1.29, 1.82) is 0 Å². The second-order valence-corrected chi connectivity index (χ2v) is 5.66. The summed E-state index contributed by atoms with van der Waals surface area (Å²) in [5, 5.41) is 3.07. The van der Waals surface area contributed by atoms with Crippen LogP contribution in [0.3, 0.4) is 0 Å². The fourth-order valence-electron chi connectivity index (χ4n) is 2.21. The van der Waals surface area contributed by atoms with Gasteiger partial charge in [-0.3, -0.25) is 4.79 Å². The van der Waals surface area contributed by atoms with Gasteiger partial charge in [0, 0.05) is 11.3 Å². The monoisotopic (exact) mass is 400 g/mol. The molecule has 0 aromatic heterocycles. The van der Waals surface area contributed by atoms with E-state index in [0.717, 1.165) is 6.42 Å². The van der Waals surface area contributed by atoms with Gasteiger partial charge in [-0.1, -0.05) is 18.5 Å². The van der Waals surface area contributed by atoms with Gasteiger partial charge < -0.3 is 25.3 Å². The van der Waals surface area contributed by atoms with Crippen LogP contribution in [-0.4, -0.2) is 26.7 Å². The topological polar surface area (TPSA) is 82.8 Å². The van der Waals surface area contributed by atoms with Crippen LogP contribution in [0.2, 0.25) is 5.02 Å². The predicted octanol–water partition coefficient (Wildman–Crippen LogP) is 4.40. The van der Waals surface area contributed by atoms with Crippen LogP contribution in [0.1, 0.15) is 23.7 Å². The lowest BCUT2D eigenvalue weighted by Crippen LogP contribution is -2.13. The molecule has 1 amide bonds. The Balaban J connectivity index is 0.00000338. The van der Waals surface area contributed by atoms with Gasteiger partial charge in [0.2, 0.25) is 0 Å². The number of nitrogen functional groups attached to an aromatic ring is 1. The Morgan fingerprint density at radius 3 is 2.42 bits per heavy atom. The Morgan fingerprint density at radius 2 is 1.85 bits per heavy atom. The van der Waals surface area contributed by atoms with Gasteiger partial charge in [-0.2, -0.15) is 0 Å². The molecule has 0 saturated carbocycles. The van der Waals surface area contributed by atoms with Crippen LogP contribution < -0.4 is 25.3 Å². The number of anilines is 2. The first-order valence-corrected chi connectivity index (χ1v) is 8.13. The van der Waals surface area contributed by atoms with Crippen LogP contribution in [0.15, 0.2) is 30.3 Å². The van der Waals surface area contributed by atoms with Crippen LogP contribution in [0, 0.1) is 0 Å². The highest BCUT2D eigenvalue weighted by atomic mass is 35.5. The molecule has 26 heavy (non-hydrogen) atoms. The Bertz CT molecular complexity index is 769. The summed E-state index contributed by atoms with van der Waals surface area (Å²) in [7, 11) is 3.02. The zero-order chi connectivity index (χ0) is 18.4. The van der Waals surface area contributed by atoms with E-state index in [4.69, 9.17) is 31.5 Å². The molecule has 0 aliphatic rings.